The highest BCUT2D eigenvalue weighted by Crippen LogP contribution is 2.24. The summed E-state index contributed by atoms with van der Waals surface area (Å²) < 4.78 is 1.98. The number of fused-ring (bicyclic) bond motifs is 1. The predicted octanol–water partition coefficient (Wildman–Crippen LogP) is 4.18. The van der Waals surface area contributed by atoms with Crippen molar-refractivity contribution in [3.8, 4) is 11.3 Å². The van der Waals surface area contributed by atoms with Gasteiger partial charge in [0.05, 0.1) is 11.4 Å². The smallest absolute Gasteiger partial charge is 0.271 e. The van der Waals surface area contributed by atoms with Crippen molar-refractivity contribution in [2.45, 2.75) is 12.8 Å². The SMILES string of the molecule is O=C(Nc1ccc(-c2cn3ccsc3n2)cc1)C1=NN(c2ccccc2)C(=O)CC1. The van der Waals surface area contributed by atoms with Crippen LogP contribution in [0.4, 0.5) is 11.4 Å². The van der Waals surface area contributed by atoms with Crippen LogP contribution >= 0.6 is 11.3 Å². The molecule has 1 aliphatic rings. The minimum atomic E-state index is -0.307. The fourth-order valence-electron chi connectivity index (χ4n) is 3.28. The molecule has 7 nitrogen and oxygen atoms in total. The van der Waals surface area contributed by atoms with E-state index < -0.39 is 0 Å². The summed E-state index contributed by atoms with van der Waals surface area (Å²) in [4.78, 5) is 30.4. The Balaban J connectivity index is 1.32. The van der Waals surface area contributed by atoms with Crippen LogP contribution in [0.1, 0.15) is 12.8 Å². The van der Waals surface area contributed by atoms with Gasteiger partial charge in [0.25, 0.3) is 5.91 Å². The van der Waals surface area contributed by atoms with Crippen molar-refractivity contribution in [3.05, 3.63) is 72.4 Å². The van der Waals surface area contributed by atoms with Gasteiger partial charge in [-0.05, 0) is 24.3 Å². The molecule has 8 heteroatoms. The summed E-state index contributed by atoms with van der Waals surface area (Å²) in [5.41, 5.74) is 3.50. The number of hydrogen-bond acceptors (Lipinski definition) is 5. The molecule has 0 saturated carbocycles. The molecule has 2 aromatic carbocycles. The topological polar surface area (TPSA) is 79.1 Å². The van der Waals surface area contributed by atoms with E-state index in [2.05, 4.69) is 15.4 Å². The van der Waals surface area contributed by atoms with Gasteiger partial charge in [-0.3, -0.25) is 14.0 Å². The third-order valence-corrected chi connectivity index (χ3v) is 5.60. The Morgan fingerprint density at radius 1 is 1.03 bits per heavy atom. The Morgan fingerprint density at radius 3 is 2.60 bits per heavy atom. The minimum absolute atomic E-state index is 0.123. The first-order valence-corrected chi connectivity index (χ1v) is 10.3. The van der Waals surface area contributed by atoms with Gasteiger partial charge in [-0.15, -0.1) is 11.3 Å². The number of nitrogens with zero attached hydrogens (tertiary/aromatic N) is 4. The Bertz CT molecular complexity index is 1230. The molecule has 0 aliphatic carbocycles. The van der Waals surface area contributed by atoms with Crippen LogP contribution in [-0.4, -0.2) is 26.9 Å². The maximum atomic E-state index is 12.7. The second kappa shape index (κ2) is 7.57. The van der Waals surface area contributed by atoms with Crippen molar-refractivity contribution in [1.29, 1.82) is 0 Å². The zero-order valence-corrected chi connectivity index (χ0v) is 16.7. The van der Waals surface area contributed by atoms with Crippen LogP contribution in [0.2, 0.25) is 0 Å². The Morgan fingerprint density at radius 2 is 1.83 bits per heavy atom. The summed E-state index contributed by atoms with van der Waals surface area (Å²) >= 11 is 1.58. The number of thiazole rings is 1. The van der Waals surface area contributed by atoms with E-state index in [1.807, 2.05) is 64.6 Å². The summed E-state index contributed by atoms with van der Waals surface area (Å²) in [6.45, 7) is 0. The quantitative estimate of drug-likeness (QED) is 0.543. The second-order valence-corrected chi connectivity index (χ2v) is 7.71. The third-order valence-electron chi connectivity index (χ3n) is 4.83. The molecule has 0 atom stereocenters. The summed E-state index contributed by atoms with van der Waals surface area (Å²) in [7, 11) is 0. The van der Waals surface area contributed by atoms with E-state index in [0.717, 1.165) is 16.2 Å². The highest BCUT2D eigenvalue weighted by molar-refractivity contribution is 7.15. The number of benzene rings is 2. The number of carbonyl (C=O) groups excluding carboxylic acids is 2. The number of rotatable bonds is 4. The van der Waals surface area contributed by atoms with Gasteiger partial charge in [-0.1, -0.05) is 30.3 Å². The number of imidazole rings is 1. The lowest BCUT2D eigenvalue weighted by Crippen LogP contribution is -2.36. The predicted molar refractivity (Wildman–Crippen MR) is 118 cm³/mol. The van der Waals surface area contributed by atoms with Gasteiger partial charge in [0.1, 0.15) is 5.71 Å². The van der Waals surface area contributed by atoms with Crippen LogP contribution < -0.4 is 10.3 Å². The molecule has 0 radical (unpaired) electrons. The molecule has 2 aromatic heterocycles. The maximum Gasteiger partial charge on any atom is 0.271 e. The molecule has 3 heterocycles. The van der Waals surface area contributed by atoms with Gasteiger partial charge in [-0.25, -0.2) is 9.99 Å². The van der Waals surface area contributed by atoms with Gasteiger partial charge in [-0.2, -0.15) is 5.10 Å². The highest BCUT2D eigenvalue weighted by Gasteiger charge is 2.25. The molecule has 0 saturated heterocycles. The molecule has 30 heavy (non-hydrogen) atoms. The average Bonchev–Trinajstić information content (AvgIpc) is 3.38. The van der Waals surface area contributed by atoms with E-state index in [9.17, 15) is 9.59 Å². The summed E-state index contributed by atoms with van der Waals surface area (Å²) in [6.07, 6.45) is 4.51. The summed E-state index contributed by atoms with van der Waals surface area (Å²) in [6, 6.07) is 16.6. The van der Waals surface area contributed by atoms with Crippen LogP contribution in [0.15, 0.2) is 77.5 Å². The van der Waals surface area contributed by atoms with Crippen molar-refractivity contribution < 1.29 is 9.59 Å². The van der Waals surface area contributed by atoms with Crippen molar-refractivity contribution in [3.63, 3.8) is 0 Å². The van der Waals surface area contributed by atoms with Crippen LogP contribution in [0.25, 0.3) is 16.2 Å². The number of amides is 2. The molecule has 148 valence electrons. The largest absolute Gasteiger partial charge is 0.321 e. The molecule has 0 fully saturated rings. The van der Waals surface area contributed by atoms with Crippen molar-refractivity contribution in [1.82, 2.24) is 9.38 Å². The number of hydrogen-bond donors (Lipinski definition) is 1. The molecular formula is C22H17N5O2S. The van der Waals surface area contributed by atoms with Gasteiger partial charge in [0.2, 0.25) is 5.91 Å². The van der Waals surface area contributed by atoms with Crippen molar-refractivity contribution in [2.75, 3.05) is 10.3 Å². The summed E-state index contributed by atoms with van der Waals surface area (Å²) in [5.74, 6) is -0.430. The fraction of sp³-hybridized carbons (Fsp3) is 0.0909. The highest BCUT2D eigenvalue weighted by atomic mass is 32.1. The van der Waals surface area contributed by atoms with Crippen LogP contribution in [-0.2, 0) is 9.59 Å². The van der Waals surface area contributed by atoms with E-state index in [-0.39, 0.29) is 18.2 Å². The van der Waals surface area contributed by atoms with Crippen LogP contribution in [0, 0.1) is 0 Å². The number of aromatic nitrogens is 2. The fourth-order valence-corrected chi connectivity index (χ4v) is 3.98. The number of hydrazone groups is 1. The third kappa shape index (κ3) is 3.48. The van der Waals surface area contributed by atoms with Crippen LogP contribution in [0.3, 0.4) is 0 Å². The van der Waals surface area contributed by atoms with E-state index in [4.69, 9.17) is 0 Å². The second-order valence-electron chi connectivity index (χ2n) is 6.84. The molecule has 0 bridgehead atoms. The number of para-hydroxylation sites is 1. The first kappa shape index (κ1) is 18.3. The van der Waals surface area contributed by atoms with Crippen molar-refractivity contribution in [2.24, 2.45) is 5.10 Å². The van der Waals surface area contributed by atoms with Gasteiger partial charge in [0, 0.05) is 41.9 Å². The maximum absolute atomic E-state index is 12.7. The molecule has 1 aliphatic heterocycles. The molecule has 0 unspecified atom stereocenters. The number of nitrogens with one attached hydrogen (secondary N) is 1. The minimum Gasteiger partial charge on any atom is -0.321 e. The van der Waals surface area contributed by atoms with Gasteiger partial charge >= 0.3 is 0 Å². The molecular weight excluding hydrogens is 398 g/mol. The lowest BCUT2D eigenvalue weighted by Gasteiger charge is -2.23. The number of carbonyl (C=O) groups is 2. The van der Waals surface area contributed by atoms with Crippen molar-refractivity contribution >= 4 is 45.2 Å². The average molecular weight is 415 g/mol. The Hall–Kier alpha value is -3.78. The Labute approximate surface area is 176 Å². The molecule has 2 amide bonds. The standard InChI is InChI=1S/C22H17N5O2S/c28-20-11-10-18(25-27(20)17-4-2-1-3-5-17)21(29)23-16-8-6-15(7-9-16)19-14-26-12-13-30-22(26)24-19/h1-9,12-14H,10-11H2,(H,23,29). The van der Waals surface area contributed by atoms with Gasteiger partial charge in [0.15, 0.2) is 4.96 Å². The lowest BCUT2D eigenvalue weighted by atomic mass is 10.1. The lowest BCUT2D eigenvalue weighted by molar-refractivity contribution is -0.118. The first-order chi connectivity index (χ1) is 14.7. The van der Waals surface area contributed by atoms with E-state index in [0.29, 0.717) is 23.5 Å². The monoisotopic (exact) mass is 415 g/mol. The zero-order valence-electron chi connectivity index (χ0n) is 15.9. The first-order valence-electron chi connectivity index (χ1n) is 9.47. The normalized spacial score (nSPS) is 14.1. The van der Waals surface area contributed by atoms with E-state index in [1.165, 1.54) is 5.01 Å². The van der Waals surface area contributed by atoms with E-state index in [1.54, 1.807) is 23.5 Å². The zero-order chi connectivity index (χ0) is 20.5. The number of anilines is 2. The molecule has 4 aromatic rings. The van der Waals surface area contributed by atoms with Gasteiger partial charge < -0.3 is 5.32 Å². The Kier molecular flexibility index (Phi) is 4.61. The van der Waals surface area contributed by atoms with Crippen LogP contribution in [0.5, 0.6) is 0 Å². The molecule has 5 rings (SSSR count). The summed E-state index contributed by atoms with van der Waals surface area (Å²) in [5, 5.41) is 10.4. The molecule has 1 N–H and O–H groups in total. The molecule has 0 spiro atoms. The van der Waals surface area contributed by atoms with E-state index >= 15 is 0 Å².